The van der Waals surface area contributed by atoms with Crippen LogP contribution in [-0.2, 0) is 4.79 Å². The van der Waals surface area contributed by atoms with E-state index in [1.165, 1.54) is 0 Å². The Kier molecular flexibility index (Phi) is 4.43. The summed E-state index contributed by atoms with van der Waals surface area (Å²) in [7, 11) is 0. The lowest BCUT2D eigenvalue weighted by atomic mass is 10.1. The predicted molar refractivity (Wildman–Crippen MR) is 111 cm³/mol. The smallest absolute Gasteiger partial charge is 0.229 e. The first kappa shape index (κ1) is 18.1. The first-order chi connectivity index (χ1) is 14.1. The van der Waals surface area contributed by atoms with E-state index in [2.05, 4.69) is 9.55 Å². The van der Waals surface area contributed by atoms with Crippen molar-refractivity contribution in [3.05, 3.63) is 59.4 Å². The lowest BCUT2D eigenvalue weighted by Crippen LogP contribution is -2.25. The third kappa shape index (κ3) is 3.13. The fraction of sp³-hybridized carbons (Fsp3) is 0.273. The van der Waals surface area contributed by atoms with Gasteiger partial charge in [0.25, 0.3) is 0 Å². The van der Waals surface area contributed by atoms with Crippen molar-refractivity contribution in [1.82, 2.24) is 9.55 Å². The average molecular weight is 410 g/mol. The highest BCUT2D eigenvalue weighted by atomic mass is 35.5. The van der Waals surface area contributed by atoms with Crippen LogP contribution in [0.3, 0.4) is 0 Å². The standard InChI is InChI=1S/C22H20ClN3O3/c1-14-10-19-20(29-9-8-28-19)12-16(14)22-24-6-7-25(22)15-11-21(27)26(13-15)18-5-3-2-4-17(18)23/h2-7,10,12,15H,8-9,11,13H2,1H3. The largest absolute Gasteiger partial charge is 0.486 e. The molecule has 3 heterocycles. The number of fused-ring (bicyclic) bond motifs is 1. The van der Waals surface area contributed by atoms with Gasteiger partial charge in [0.2, 0.25) is 5.91 Å². The molecule has 1 fully saturated rings. The van der Waals surface area contributed by atoms with Crippen molar-refractivity contribution < 1.29 is 14.3 Å². The molecule has 7 heteroatoms. The number of halogens is 1. The van der Waals surface area contributed by atoms with Gasteiger partial charge in [-0.3, -0.25) is 4.79 Å². The van der Waals surface area contributed by atoms with Crippen LogP contribution in [0, 0.1) is 6.92 Å². The summed E-state index contributed by atoms with van der Waals surface area (Å²) in [6.45, 7) is 3.67. The number of anilines is 1. The number of aryl methyl sites for hydroxylation is 1. The van der Waals surface area contributed by atoms with E-state index in [4.69, 9.17) is 21.1 Å². The number of imidazole rings is 1. The van der Waals surface area contributed by atoms with Crippen LogP contribution in [0.4, 0.5) is 5.69 Å². The Bertz CT molecular complexity index is 1090. The van der Waals surface area contributed by atoms with E-state index in [9.17, 15) is 4.79 Å². The maximum Gasteiger partial charge on any atom is 0.229 e. The average Bonchev–Trinajstić information content (AvgIpc) is 3.34. The van der Waals surface area contributed by atoms with Crippen LogP contribution in [0.5, 0.6) is 11.5 Å². The van der Waals surface area contributed by atoms with Gasteiger partial charge < -0.3 is 18.9 Å². The van der Waals surface area contributed by atoms with Crippen molar-refractivity contribution in [2.45, 2.75) is 19.4 Å². The van der Waals surface area contributed by atoms with Crippen LogP contribution in [0.2, 0.25) is 5.02 Å². The molecule has 5 rings (SSSR count). The summed E-state index contributed by atoms with van der Waals surface area (Å²) in [5.41, 5.74) is 2.77. The predicted octanol–water partition coefficient (Wildman–Crippen LogP) is 4.26. The van der Waals surface area contributed by atoms with Gasteiger partial charge in [0, 0.05) is 30.9 Å². The fourth-order valence-electron chi connectivity index (χ4n) is 4.03. The van der Waals surface area contributed by atoms with Crippen LogP contribution in [-0.4, -0.2) is 35.2 Å². The second kappa shape index (κ2) is 7.12. The van der Waals surface area contributed by atoms with Crippen molar-refractivity contribution in [2.24, 2.45) is 0 Å². The van der Waals surface area contributed by atoms with Gasteiger partial charge in [-0.05, 0) is 36.8 Å². The van der Waals surface area contributed by atoms with Crippen LogP contribution < -0.4 is 14.4 Å². The number of benzene rings is 2. The molecular weight excluding hydrogens is 390 g/mol. The maximum atomic E-state index is 12.7. The zero-order valence-corrected chi connectivity index (χ0v) is 16.7. The molecule has 0 radical (unpaired) electrons. The van der Waals surface area contributed by atoms with E-state index in [1.54, 1.807) is 17.2 Å². The molecule has 0 spiro atoms. The van der Waals surface area contributed by atoms with Gasteiger partial charge in [0.1, 0.15) is 19.0 Å². The topological polar surface area (TPSA) is 56.6 Å². The van der Waals surface area contributed by atoms with E-state index < -0.39 is 0 Å². The summed E-state index contributed by atoms with van der Waals surface area (Å²) in [6, 6.07) is 11.4. The molecule has 6 nitrogen and oxygen atoms in total. The summed E-state index contributed by atoms with van der Waals surface area (Å²) in [6.07, 6.45) is 4.10. The number of nitrogens with zero attached hydrogens (tertiary/aromatic N) is 3. The molecule has 0 saturated carbocycles. The molecule has 0 aliphatic carbocycles. The van der Waals surface area contributed by atoms with Crippen molar-refractivity contribution in [3.63, 3.8) is 0 Å². The Balaban J connectivity index is 1.49. The molecule has 1 unspecified atom stereocenters. The second-order valence-electron chi connectivity index (χ2n) is 7.28. The third-order valence-corrected chi connectivity index (χ3v) is 5.76. The molecule has 0 N–H and O–H groups in total. The van der Waals surface area contributed by atoms with Crippen LogP contribution >= 0.6 is 11.6 Å². The Hall–Kier alpha value is -2.99. The van der Waals surface area contributed by atoms with Gasteiger partial charge >= 0.3 is 0 Å². The first-order valence-corrected chi connectivity index (χ1v) is 9.98. The van der Waals surface area contributed by atoms with Crippen molar-refractivity contribution in [2.75, 3.05) is 24.7 Å². The van der Waals surface area contributed by atoms with E-state index in [-0.39, 0.29) is 11.9 Å². The van der Waals surface area contributed by atoms with Crippen molar-refractivity contribution >= 4 is 23.2 Å². The SMILES string of the molecule is Cc1cc2c(cc1-c1nccn1C1CC(=O)N(c3ccccc3Cl)C1)OCCO2. The van der Waals surface area contributed by atoms with Crippen LogP contribution in [0.25, 0.3) is 11.4 Å². The Morgan fingerprint density at radius 2 is 1.90 bits per heavy atom. The number of hydrogen-bond acceptors (Lipinski definition) is 4. The van der Waals surface area contributed by atoms with Crippen LogP contribution in [0.15, 0.2) is 48.8 Å². The van der Waals surface area contributed by atoms with E-state index in [0.717, 1.165) is 34.1 Å². The highest BCUT2D eigenvalue weighted by Crippen LogP contribution is 2.39. The minimum Gasteiger partial charge on any atom is -0.486 e. The molecule has 2 aliphatic rings. The van der Waals surface area contributed by atoms with Crippen LogP contribution in [0.1, 0.15) is 18.0 Å². The molecule has 1 atom stereocenters. The van der Waals surface area contributed by atoms with Gasteiger partial charge in [-0.2, -0.15) is 0 Å². The molecule has 0 bridgehead atoms. The molecule has 1 saturated heterocycles. The van der Waals surface area contributed by atoms with Crippen molar-refractivity contribution in [1.29, 1.82) is 0 Å². The van der Waals surface area contributed by atoms with Gasteiger partial charge in [0.05, 0.1) is 16.8 Å². The monoisotopic (exact) mass is 409 g/mol. The number of amides is 1. The normalized spacial score (nSPS) is 18.3. The molecule has 2 aromatic carbocycles. The number of carbonyl (C=O) groups excluding carboxylic acids is 1. The zero-order chi connectivity index (χ0) is 20.0. The Labute approximate surface area is 173 Å². The van der Waals surface area contributed by atoms with E-state index in [1.807, 2.05) is 43.5 Å². The minimum atomic E-state index is -0.0242. The highest BCUT2D eigenvalue weighted by Gasteiger charge is 2.34. The summed E-state index contributed by atoms with van der Waals surface area (Å²) >= 11 is 6.32. The number of carbonyl (C=O) groups is 1. The lowest BCUT2D eigenvalue weighted by molar-refractivity contribution is -0.117. The first-order valence-electron chi connectivity index (χ1n) is 9.60. The summed E-state index contributed by atoms with van der Waals surface area (Å²) < 4.78 is 13.5. The number of hydrogen-bond donors (Lipinski definition) is 0. The number of para-hydroxylation sites is 1. The molecule has 1 amide bonds. The third-order valence-electron chi connectivity index (χ3n) is 5.44. The lowest BCUT2D eigenvalue weighted by Gasteiger charge is -2.22. The summed E-state index contributed by atoms with van der Waals surface area (Å²) in [4.78, 5) is 19.1. The summed E-state index contributed by atoms with van der Waals surface area (Å²) in [5, 5.41) is 0.579. The van der Waals surface area contributed by atoms with Gasteiger partial charge in [-0.1, -0.05) is 23.7 Å². The second-order valence-corrected chi connectivity index (χ2v) is 7.69. The van der Waals surface area contributed by atoms with Crippen molar-refractivity contribution in [3.8, 4) is 22.9 Å². The number of rotatable bonds is 3. The fourth-order valence-corrected chi connectivity index (χ4v) is 4.26. The Morgan fingerprint density at radius 1 is 1.14 bits per heavy atom. The highest BCUT2D eigenvalue weighted by molar-refractivity contribution is 6.33. The molecular formula is C22H20ClN3O3. The van der Waals surface area contributed by atoms with E-state index in [0.29, 0.717) is 31.2 Å². The number of aromatic nitrogens is 2. The molecule has 29 heavy (non-hydrogen) atoms. The minimum absolute atomic E-state index is 0.0242. The molecule has 3 aromatic rings. The van der Waals surface area contributed by atoms with Gasteiger partial charge in [0.15, 0.2) is 11.5 Å². The molecule has 148 valence electrons. The quantitative estimate of drug-likeness (QED) is 0.648. The molecule has 2 aliphatic heterocycles. The Morgan fingerprint density at radius 3 is 2.69 bits per heavy atom. The zero-order valence-electron chi connectivity index (χ0n) is 16.0. The number of ether oxygens (including phenoxy) is 2. The van der Waals surface area contributed by atoms with E-state index >= 15 is 0 Å². The summed E-state index contributed by atoms with van der Waals surface area (Å²) in [5.74, 6) is 2.36. The van der Waals surface area contributed by atoms with Gasteiger partial charge in [-0.15, -0.1) is 0 Å². The maximum absolute atomic E-state index is 12.7. The van der Waals surface area contributed by atoms with Gasteiger partial charge in [-0.25, -0.2) is 4.98 Å². The molecule has 1 aromatic heterocycles.